The van der Waals surface area contributed by atoms with Crippen LogP contribution in [-0.4, -0.2) is 58.8 Å². The molecule has 0 atom stereocenters. The number of nitrogens with one attached hydrogen (secondary N) is 2. The van der Waals surface area contributed by atoms with Crippen molar-refractivity contribution in [2.75, 3.05) is 25.5 Å². The van der Waals surface area contributed by atoms with E-state index in [1.165, 1.54) is 17.2 Å². The summed E-state index contributed by atoms with van der Waals surface area (Å²) >= 11 is 0. The number of ether oxygens (including phenoxy) is 1. The number of nitrogens with zero attached hydrogens (tertiary/aromatic N) is 2. The number of unbranched alkanes of at least 4 members (excludes halogenated alkanes) is 1. The lowest BCUT2D eigenvalue weighted by atomic mass is 10.2. The lowest BCUT2D eigenvalue weighted by Gasteiger charge is -2.19. The maximum atomic E-state index is 12.3. The molecule has 0 radical (unpaired) electrons. The molecule has 9 heteroatoms. The van der Waals surface area contributed by atoms with Crippen LogP contribution < -0.4 is 10.6 Å². The molecule has 0 unspecified atom stereocenters. The zero-order valence-corrected chi connectivity index (χ0v) is 15.5. The molecule has 3 amide bonds. The van der Waals surface area contributed by atoms with Gasteiger partial charge in [0.15, 0.2) is 0 Å². The van der Waals surface area contributed by atoms with E-state index in [-0.39, 0.29) is 11.6 Å². The first kappa shape index (κ1) is 21.2. The normalized spacial score (nSPS) is 10.8. The van der Waals surface area contributed by atoms with Gasteiger partial charge in [-0.3, -0.25) is 10.1 Å². The Balaban J connectivity index is 2.47. The highest BCUT2D eigenvalue weighted by Crippen LogP contribution is 2.12. The monoisotopic (exact) mass is 366 g/mol. The number of amides is 3. The molecule has 0 saturated carbocycles. The maximum absolute atomic E-state index is 12.3. The number of carbonyl (C=O) groups is 3. The van der Waals surface area contributed by atoms with E-state index in [2.05, 4.69) is 15.6 Å². The molecule has 0 spiro atoms. The van der Waals surface area contributed by atoms with Crippen LogP contribution in [0.3, 0.4) is 0 Å². The van der Waals surface area contributed by atoms with Gasteiger partial charge in [0.1, 0.15) is 11.3 Å². The lowest BCUT2D eigenvalue weighted by Crippen LogP contribution is -2.29. The van der Waals surface area contributed by atoms with E-state index in [4.69, 9.17) is 9.84 Å². The topological polar surface area (TPSA) is 121 Å². The molecule has 0 bridgehead atoms. The van der Waals surface area contributed by atoms with Crippen molar-refractivity contribution in [2.24, 2.45) is 0 Å². The first-order valence-corrected chi connectivity index (χ1v) is 8.27. The average molecular weight is 366 g/mol. The summed E-state index contributed by atoms with van der Waals surface area (Å²) in [6.45, 7) is 6.13. The highest BCUT2D eigenvalue weighted by molar-refractivity contribution is 5.92. The molecule has 1 rings (SSSR count). The summed E-state index contributed by atoms with van der Waals surface area (Å²) in [5, 5.41) is 13.3. The van der Waals surface area contributed by atoms with Gasteiger partial charge in [-0.15, -0.1) is 0 Å². The summed E-state index contributed by atoms with van der Waals surface area (Å²) in [6, 6.07) is 3.10. The zero-order valence-electron chi connectivity index (χ0n) is 15.5. The van der Waals surface area contributed by atoms with Crippen LogP contribution in [0.4, 0.5) is 15.3 Å². The Morgan fingerprint density at radius 3 is 2.46 bits per heavy atom. The van der Waals surface area contributed by atoms with E-state index in [0.29, 0.717) is 31.6 Å². The third kappa shape index (κ3) is 8.32. The van der Waals surface area contributed by atoms with Crippen molar-refractivity contribution < 1.29 is 24.2 Å². The van der Waals surface area contributed by atoms with Gasteiger partial charge in [-0.1, -0.05) is 0 Å². The Morgan fingerprint density at radius 1 is 1.23 bits per heavy atom. The minimum atomic E-state index is -1.06. The minimum Gasteiger partial charge on any atom is -0.465 e. The van der Waals surface area contributed by atoms with E-state index in [1.54, 1.807) is 33.9 Å². The Hall–Kier alpha value is -2.84. The predicted molar refractivity (Wildman–Crippen MR) is 96.3 cm³/mol. The van der Waals surface area contributed by atoms with Crippen molar-refractivity contribution in [1.82, 2.24) is 15.2 Å². The molecule has 0 aliphatic heterocycles. The van der Waals surface area contributed by atoms with Gasteiger partial charge < -0.3 is 20.1 Å². The second-order valence-electron chi connectivity index (χ2n) is 6.72. The van der Waals surface area contributed by atoms with Crippen molar-refractivity contribution in [3.63, 3.8) is 0 Å². The number of hydrogen-bond acceptors (Lipinski definition) is 5. The SMILES string of the molecule is CN(CCCCNC(=O)O)C(=O)c1ccc(NC(=O)OC(C)(C)C)cn1. The number of carbonyl (C=O) groups excluding carboxylic acids is 2. The van der Waals surface area contributed by atoms with E-state index in [0.717, 1.165) is 0 Å². The Labute approximate surface area is 152 Å². The Morgan fingerprint density at radius 2 is 1.92 bits per heavy atom. The summed E-state index contributed by atoms with van der Waals surface area (Å²) in [7, 11) is 1.65. The molecule has 0 aliphatic carbocycles. The van der Waals surface area contributed by atoms with Gasteiger partial charge in [0.25, 0.3) is 5.91 Å². The van der Waals surface area contributed by atoms with E-state index < -0.39 is 17.8 Å². The van der Waals surface area contributed by atoms with Gasteiger partial charge >= 0.3 is 12.2 Å². The molecule has 1 aromatic heterocycles. The van der Waals surface area contributed by atoms with Gasteiger partial charge in [0, 0.05) is 20.1 Å². The van der Waals surface area contributed by atoms with E-state index >= 15 is 0 Å². The molecular formula is C17H26N4O5. The number of aromatic nitrogens is 1. The summed E-state index contributed by atoms with van der Waals surface area (Å²) < 4.78 is 5.14. The largest absolute Gasteiger partial charge is 0.465 e. The third-order valence-corrected chi connectivity index (χ3v) is 3.17. The van der Waals surface area contributed by atoms with Gasteiger partial charge in [-0.25, -0.2) is 14.6 Å². The van der Waals surface area contributed by atoms with Gasteiger partial charge in [0.05, 0.1) is 11.9 Å². The number of pyridine rings is 1. The molecule has 144 valence electrons. The van der Waals surface area contributed by atoms with Crippen LogP contribution in [0.1, 0.15) is 44.1 Å². The summed E-state index contributed by atoms with van der Waals surface area (Å²) in [5.41, 5.74) is 0.0833. The lowest BCUT2D eigenvalue weighted by molar-refractivity contribution is 0.0635. The molecule has 1 aromatic rings. The van der Waals surface area contributed by atoms with Crippen LogP contribution >= 0.6 is 0 Å². The minimum absolute atomic E-state index is 0.250. The smallest absolute Gasteiger partial charge is 0.412 e. The van der Waals surface area contributed by atoms with Crippen LogP contribution in [0.15, 0.2) is 18.3 Å². The molecule has 0 fully saturated rings. The fraction of sp³-hybridized carbons (Fsp3) is 0.529. The molecule has 26 heavy (non-hydrogen) atoms. The van der Waals surface area contributed by atoms with Crippen molar-refractivity contribution in [3.8, 4) is 0 Å². The van der Waals surface area contributed by atoms with Crippen LogP contribution in [0.2, 0.25) is 0 Å². The fourth-order valence-corrected chi connectivity index (χ4v) is 1.98. The molecule has 9 nitrogen and oxygen atoms in total. The number of hydrogen-bond donors (Lipinski definition) is 3. The van der Waals surface area contributed by atoms with Crippen molar-refractivity contribution in [2.45, 2.75) is 39.2 Å². The first-order valence-electron chi connectivity index (χ1n) is 8.27. The summed E-state index contributed by atoms with van der Waals surface area (Å²) in [5.74, 6) is -0.250. The average Bonchev–Trinajstić information content (AvgIpc) is 2.52. The number of rotatable bonds is 7. The molecule has 1 heterocycles. The van der Waals surface area contributed by atoms with Crippen LogP contribution in [0.5, 0.6) is 0 Å². The summed E-state index contributed by atoms with van der Waals surface area (Å²) in [6.07, 6.45) is 1.04. The first-order chi connectivity index (χ1) is 12.1. The van der Waals surface area contributed by atoms with Gasteiger partial charge in [0.2, 0.25) is 0 Å². The second kappa shape index (κ2) is 9.59. The molecule has 3 N–H and O–H groups in total. The van der Waals surface area contributed by atoms with Crippen molar-refractivity contribution >= 4 is 23.8 Å². The fourth-order valence-electron chi connectivity index (χ4n) is 1.98. The van der Waals surface area contributed by atoms with Gasteiger partial charge in [-0.2, -0.15) is 0 Å². The molecular weight excluding hydrogens is 340 g/mol. The van der Waals surface area contributed by atoms with Crippen LogP contribution in [-0.2, 0) is 4.74 Å². The standard InChI is InChI=1S/C17H26N4O5/c1-17(2,3)26-16(25)20-12-7-8-13(19-11-12)14(22)21(4)10-6-5-9-18-15(23)24/h7-8,11,18H,5-6,9-10H2,1-4H3,(H,20,25)(H,23,24). The maximum Gasteiger partial charge on any atom is 0.412 e. The van der Waals surface area contributed by atoms with Gasteiger partial charge in [-0.05, 0) is 45.7 Å². The molecule has 0 aromatic carbocycles. The number of anilines is 1. The highest BCUT2D eigenvalue weighted by atomic mass is 16.6. The van der Waals surface area contributed by atoms with E-state index in [1.807, 2.05) is 0 Å². The van der Waals surface area contributed by atoms with Crippen molar-refractivity contribution in [1.29, 1.82) is 0 Å². The predicted octanol–water partition coefficient (Wildman–Crippen LogP) is 2.55. The van der Waals surface area contributed by atoms with Crippen LogP contribution in [0, 0.1) is 0 Å². The Kier molecular flexibility index (Phi) is 7.82. The third-order valence-electron chi connectivity index (χ3n) is 3.17. The summed E-state index contributed by atoms with van der Waals surface area (Å²) in [4.78, 5) is 39.9. The van der Waals surface area contributed by atoms with E-state index in [9.17, 15) is 14.4 Å². The highest BCUT2D eigenvalue weighted by Gasteiger charge is 2.17. The van der Waals surface area contributed by atoms with Crippen molar-refractivity contribution in [3.05, 3.63) is 24.0 Å². The molecule has 0 saturated heterocycles. The quantitative estimate of drug-likeness (QED) is 0.638. The second-order valence-corrected chi connectivity index (χ2v) is 6.72. The Bertz CT molecular complexity index is 625. The molecule has 0 aliphatic rings. The zero-order chi connectivity index (χ0) is 19.7. The van der Waals surface area contributed by atoms with Crippen LogP contribution in [0.25, 0.3) is 0 Å². The number of carboxylic acid groups (broad SMARTS) is 1.